The third-order valence-corrected chi connectivity index (χ3v) is 3.22. The standard InChI is InChI=1S/C14H28N4O/c1-6-8-15-14-16-12(3)9-18(14)11-13(19-5)10-17(4)7-2/h9,13H,6-8,10-11H2,1-5H3,(H,15,16). The monoisotopic (exact) mass is 268 g/mol. The zero-order chi connectivity index (χ0) is 14.3. The zero-order valence-corrected chi connectivity index (χ0v) is 12.9. The van der Waals surface area contributed by atoms with E-state index in [1.54, 1.807) is 7.11 Å². The number of aryl methyl sites for hydroxylation is 1. The SMILES string of the molecule is CCCNc1nc(C)cn1CC(CN(C)CC)OC. The van der Waals surface area contributed by atoms with E-state index in [-0.39, 0.29) is 6.10 Å². The highest BCUT2D eigenvalue weighted by atomic mass is 16.5. The van der Waals surface area contributed by atoms with Crippen molar-refractivity contribution in [1.29, 1.82) is 0 Å². The highest BCUT2D eigenvalue weighted by Gasteiger charge is 2.13. The Morgan fingerprint density at radius 1 is 1.47 bits per heavy atom. The summed E-state index contributed by atoms with van der Waals surface area (Å²) in [5.74, 6) is 0.945. The fourth-order valence-corrected chi connectivity index (χ4v) is 1.97. The first-order valence-electron chi connectivity index (χ1n) is 7.09. The molecular formula is C14H28N4O. The topological polar surface area (TPSA) is 42.3 Å². The van der Waals surface area contributed by atoms with E-state index in [0.717, 1.165) is 44.2 Å². The van der Waals surface area contributed by atoms with Crippen molar-refractivity contribution in [3.63, 3.8) is 0 Å². The molecule has 0 aliphatic carbocycles. The summed E-state index contributed by atoms with van der Waals surface area (Å²) in [6.07, 6.45) is 3.36. The minimum absolute atomic E-state index is 0.181. The number of likely N-dealkylation sites (N-methyl/N-ethyl adjacent to an activating group) is 1. The lowest BCUT2D eigenvalue weighted by atomic mass is 10.3. The second kappa shape index (κ2) is 8.17. The molecule has 1 atom stereocenters. The van der Waals surface area contributed by atoms with Gasteiger partial charge in [0.15, 0.2) is 0 Å². The van der Waals surface area contributed by atoms with E-state index in [1.165, 1.54) is 0 Å². The maximum atomic E-state index is 5.58. The molecule has 19 heavy (non-hydrogen) atoms. The number of hydrogen-bond donors (Lipinski definition) is 1. The molecule has 0 bridgehead atoms. The van der Waals surface area contributed by atoms with Gasteiger partial charge >= 0.3 is 0 Å². The maximum absolute atomic E-state index is 5.58. The van der Waals surface area contributed by atoms with Gasteiger partial charge in [-0.2, -0.15) is 0 Å². The molecule has 0 amide bonds. The number of anilines is 1. The number of ether oxygens (including phenoxy) is 1. The number of aromatic nitrogens is 2. The third-order valence-electron chi connectivity index (χ3n) is 3.22. The van der Waals surface area contributed by atoms with Gasteiger partial charge in [-0.05, 0) is 26.9 Å². The fourth-order valence-electron chi connectivity index (χ4n) is 1.97. The predicted molar refractivity (Wildman–Crippen MR) is 79.7 cm³/mol. The lowest BCUT2D eigenvalue weighted by Gasteiger charge is -2.23. The van der Waals surface area contributed by atoms with Crippen LogP contribution < -0.4 is 5.32 Å². The molecule has 1 aromatic rings. The van der Waals surface area contributed by atoms with Crippen LogP contribution in [0.5, 0.6) is 0 Å². The van der Waals surface area contributed by atoms with Gasteiger partial charge in [-0.3, -0.25) is 0 Å². The van der Waals surface area contributed by atoms with Gasteiger partial charge in [-0.25, -0.2) is 4.98 Å². The Kier molecular flexibility index (Phi) is 6.87. The van der Waals surface area contributed by atoms with Crippen molar-refractivity contribution in [1.82, 2.24) is 14.5 Å². The maximum Gasteiger partial charge on any atom is 0.203 e. The van der Waals surface area contributed by atoms with Gasteiger partial charge in [0.1, 0.15) is 0 Å². The first kappa shape index (κ1) is 16.0. The summed E-state index contributed by atoms with van der Waals surface area (Å²) in [4.78, 5) is 6.78. The van der Waals surface area contributed by atoms with E-state index >= 15 is 0 Å². The number of methoxy groups -OCH3 is 1. The highest BCUT2D eigenvalue weighted by molar-refractivity contribution is 5.28. The quantitative estimate of drug-likeness (QED) is 0.743. The first-order valence-corrected chi connectivity index (χ1v) is 7.09. The van der Waals surface area contributed by atoms with Crippen molar-refractivity contribution in [2.24, 2.45) is 0 Å². The second-order valence-corrected chi connectivity index (χ2v) is 5.00. The van der Waals surface area contributed by atoms with Crippen molar-refractivity contribution < 1.29 is 4.74 Å². The molecule has 0 aliphatic rings. The van der Waals surface area contributed by atoms with Crippen molar-refractivity contribution in [2.45, 2.75) is 39.8 Å². The average molecular weight is 268 g/mol. The molecule has 0 radical (unpaired) electrons. The zero-order valence-electron chi connectivity index (χ0n) is 12.9. The Balaban J connectivity index is 2.67. The van der Waals surface area contributed by atoms with Gasteiger partial charge in [0.2, 0.25) is 5.95 Å². The van der Waals surface area contributed by atoms with Crippen LogP contribution in [0.3, 0.4) is 0 Å². The molecule has 110 valence electrons. The van der Waals surface area contributed by atoms with E-state index in [2.05, 4.69) is 46.9 Å². The summed E-state index contributed by atoms with van der Waals surface area (Å²) in [6, 6.07) is 0. The fraction of sp³-hybridized carbons (Fsp3) is 0.786. The summed E-state index contributed by atoms with van der Waals surface area (Å²) >= 11 is 0. The molecule has 0 aliphatic heterocycles. The smallest absolute Gasteiger partial charge is 0.203 e. The van der Waals surface area contributed by atoms with Crippen molar-refractivity contribution >= 4 is 5.95 Å². The van der Waals surface area contributed by atoms with Gasteiger partial charge in [0.25, 0.3) is 0 Å². The van der Waals surface area contributed by atoms with Gasteiger partial charge in [0, 0.05) is 26.4 Å². The van der Waals surface area contributed by atoms with Crippen LogP contribution in [-0.4, -0.2) is 54.3 Å². The Bertz CT molecular complexity index is 364. The molecular weight excluding hydrogens is 240 g/mol. The summed E-state index contributed by atoms with van der Waals surface area (Å²) < 4.78 is 7.73. The van der Waals surface area contributed by atoms with Crippen LogP contribution in [0.2, 0.25) is 0 Å². The molecule has 1 heterocycles. The molecule has 1 unspecified atom stereocenters. The number of nitrogens with one attached hydrogen (secondary N) is 1. The Hall–Kier alpha value is -1.07. The minimum Gasteiger partial charge on any atom is -0.378 e. The molecule has 0 aromatic carbocycles. The summed E-state index contributed by atoms with van der Waals surface area (Å²) in [6.45, 7) is 10.1. The lowest BCUT2D eigenvalue weighted by molar-refractivity contribution is 0.0607. The molecule has 1 rings (SSSR count). The number of hydrogen-bond acceptors (Lipinski definition) is 4. The van der Waals surface area contributed by atoms with Crippen LogP contribution >= 0.6 is 0 Å². The molecule has 0 saturated carbocycles. The minimum atomic E-state index is 0.181. The van der Waals surface area contributed by atoms with Gasteiger partial charge in [-0.15, -0.1) is 0 Å². The Morgan fingerprint density at radius 3 is 2.79 bits per heavy atom. The van der Waals surface area contributed by atoms with Gasteiger partial charge in [0.05, 0.1) is 18.3 Å². The molecule has 5 heteroatoms. The summed E-state index contributed by atoms with van der Waals surface area (Å²) in [5, 5.41) is 3.36. The van der Waals surface area contributed by atoms with Gasteiger partial charge < -0.3 is 19.5 Å². The highest BCUT2D eigenvalue weighted by Crippen LogP contribution is 2.11. The molecule has 1 N–H and O–H groups in total. The summed E-state index contributed by atoms with van der Waals surface area (Å²) in [7, 11) is 3.89. The van der Waals surface area contributed by atoms with E-state index in [1.807, 2.05) is 6.92 Å². The van der Waals surface area contributed by atoms with Crippen LogP contribution in [0, 0.1) is 6.92 Å². The second-order valence-electron chi connectivity index (χ2n) is 5.00. The van der Waals surface area contributed by atoms with E-state index in [9.17, 15) is 0 Å². The van der Waals surface area contributed by atoms with E-state index < -0.39 is 0 Å². The first-order chi connectivity index (χ1) is 9.10. The van der Waals surface area contributed by atoms with Crippen molar-refractivity contribution in [2.75, 3.05) is 39.1 Å². The summed E-state index contributed by atoms with van der Waals surface area (Å²) in [5.41, 5.74) is 1.04. The number of nitrogens with zero attached hydrogens (tertiary/aromatic N) is 3. The molecule has 0 fully saturated rings. The van der Waals surface area contributed by atoms with Crippen LogP contribution in [0.15, 0.2) is 6.20 Å². The lowest BCUT2D eigenvalue weighted by Crippen LogP contribution is -2.33. The van der Waals surface area contributed by atoms with E-state index in [4.69, 9.17) is 4.74 Å². The van der Waals surface area contributed by atoms with Crippen LogP contribution in [0.25, 0.3) is 0 Å². The predicted octanol–water partition coefficient (Wildman–Crippen LogP) is 1.98. The van der Waals surface area contributed by atoms with Crippen molar-refractivity contribution in [3.8, 4) is 0 Å². The number of rotatable bonds is 9. The number of imidazole rings is 1. The van der Waals surface area contributed by atoms with E-state index in [0.29, 0.717) is 0 Å². The van der Waals surface area contributed by atoms with Crippen LogP contribution in [0.1, 0.15) is 26.0 Å². The molecule has 0 saturated heterocycles. The van der Waals surface area contributed by atoms with Gasteiger partial charge in [-0.1, -0.05) is 13.8 Å². The van der Waals surface area contributed by atoms with Crippen LogP contribution in [0.4, 0.5) is 5.95 Å². The molecule has 0 spiro atoms. The molecule has 1 aromatic heterocycles. The normalized spacial score (nSPS) is 12.9. The van der Waals surface area contributed by atoms with Crippen LogP contribution in [-0.2, 0) is 11.3 Å². The average Bonchev–Trinajstić information content (AvgIpc) is 2.75. The molecule has 5 nitrogen and oxygen atoms in total. The Labute approximate surface area is 117 Å². The third kappa shape index (κ3) is 5.20. The largest absolute Gasteiger partial charge is 0.378 e. The van der Waals surface area contributed by atoms with Crippen molar-refractivity contribution in [3.05, 3.63) is 11.9 Å². The Morgan fingerprint density at radius 2 is 2.21 bits per heavy atom.